The number of nitrogens with two attached hydrogens (primary N) is 1. The number of hydrogen-bond acceptors (Lipinski definition) is 5. The minimum atomic E-state index is -0.627. The molecule has 3 aromatic rings. The molecule has 1 aliphatic rings. The van der Waals surface area contributed by atoms with Gasteiger partial charge < -0.3 is 15.8 Å². The molecule has 1 fully saturated rings. The molecule has 3 heterocycles. The van der Waals surface area contributed by atoms with Crippen molar-refractivity contribution in [3.05, 3.63) is 58.2 Å². The van der Waals surface area contributed by atoms with Crippen LogP contribution in [0.25, 0.3) is 11.1 Å². The van der Waals surface area contributed by atoms with Crippen molar-refractivity contribution in [1.82, 2.24) is 20.1 Å². The maximum atomic E-state index is 13.9. The van der Waals surface area contributed by atoms with Crippen molar-refractivity contribution in [2.24, 2.45) is 0 Å². The minimum Gasteiger partial charge on any atom is -0.482 e. The Morgan fingerprint density at radius 2 is 2.00 bits per heavy atom. The Morgan fingerprint density at radius 1 is 1.23 bits per heavy atom. The smallest absolute Gasteiger partial charge is 0.166 e. The first kappa shape index (κ1) is 20.9. The molecular weight excluding hydrogens is 427 g/mol. The molecule has 6 nitrogen and oxygen atoms in total. The number of pyridine rings is 1. The number of anilines is 1. The van der Waals surface area contributed by atoms with Crippen LogP contribution in [0, 0.1) is 5.82 Å². The van der Waals surface area contributed by atoms with E-state index in [1.54, 1.807) is 19.2 Å². The Hall–Kier alpha value is -2.35. The van der Waals surface area contributed by atoms with Gasteiger partial charge in [0.25, 0.3) is 0 Å². The molecule has 0 unspecified atom stereocenters. The molecule has 0 amide bonds. The van der Waals surface area contributed by atoms with Gasteiger partial charge in [0.1, 0.15) is 11.9 Å². The third-order valence-corrected chi connectivity index (χ3v) is 6.00. The fraction of sp³-hybridized carbons (Fsp3) is 0.333. The molecule has 0 bridgehead atoms. The van der Waals surface area contributed by atoms with Crippen molar-refractivity contribution in [1.29, 1.82) is 0 Å². The summed E-state index contributed by atoms with van der Waals surface area (Å²) < 4.78 is 21.9. The predicted octanol–water partition coefficient (Wildman–Crippen LogP) is 5.04. The highest BCUT2D eigenvalue weighted by atomic mass is 35.5. The van der Waals surface area contributed by atoms with E-state index in [2.05, 4.69) is 15.4 Å². The number of nitrogens with one attached hydrogen (secondary N) is 1. The van der Waals surface area contributed by atoms with Gasteiger partial charge in [-0.3, -0.25) is 4.68 Å². The molecule has 2 aromatic heterocycles. The molecule has 0 saturated carbocycles. The molecule has 1 atom stereocenters. The third-order valence-electron chi connectivity index (χ3n) is 5.29. The van der Waals surface area contributed by atoms with Gasteiger partial charge in [-0.05, 0) is 51.1 Å². The molecule has 1 saturated heterocycles. The lowest BCUT2D eigenvalue weighted by Crippen LogP contribution is -2.29. The number of ether oxygens (including phenoxy) is 1. The number of piperidine rings is 1. The van der Waals surface area contributed by atoms with Gasteiger partial charge in [0.2, 0.25) is 0 Å². The fourth-order valence-electron chi connectivity index (χ4n) is 3.63. The second-order valence-corrected chi connectivity index (χ2v) is 8.10. The summed E-state index contributed by atoms with van der Waals surface area (Å²) in [7, 11) is 0. The van der Waals surface area contributed by atoms with E-state index in [1.165, 1.54) is 12.1 Å². The van der Waals surface area contributed by atoms with Crippen LogP contribution >= 0.6 is 23.2 Å². The van der Waals surface area contributed by atoms with Crippen LogP contribution in [0.2, 0.25) is 10.0 Å². The number of hydrogen-bond donors (Lipinski definition) is 2. The van der Waals surface area contributed by atoms with E-state index in [-0.39, 0.29) is 10.8 Å². The Balaban J connectivity index is 1.58. The van der Waals surface area contributed by atoms with Crippen molar-refractivity contribution in [2.75, 3.05) is 18.8 Å². The first-order valence-corrected chi connectivity index (χ1v) is 10.5. The normalized spacial score (nSPS) is 15.9. The largest absolute Gasteiger partial charge is 0.482 e. The van der Waals surface area contributed by atoms with E-state index < -0.39 is 11.9 Å². The number of halogens is 3. The van der Waals surface area contributed by atoms with Gasteiger partial charge in [-0.2, -0.15) is 5.10 Å². The van der Waals surface area contributed by atoms with Crippen molar-refractivity contribution in [3.8, 4) is 16.9 Å². The number of benzene rings is 1. The molecule has 3 N–H and O–H groups in total. The van der Waals surface area contributed by atoms with E-state index in [4.69, 9.17) is 33.7 Å². The van der Waals surface area contributed by atoms with Crippen LogP contribution in [-0.4, -0.2) is 27.9 Å². The highest BCUT2D eigenvalue weighted by molar-refractivity contribution is 6.36. The first-order chi connectivity index (χ1) is 14.4. The van der Waals surface area contributed by atoms with Gasteiger partial charge in [-0.15, -0.1) is 0 Å². The van der Waals surface area contributed by atoms with E-state index in [1.807, 2.05) is 17.1 Å². The average molecular weight is 449 g/mol. The summed E-state index contributed by atoms with van der Waals surface area (Å²) in [5.74, 6) is 0.0303. The quantitative estimate of drug-likeness (QED) is 0.534. The van der Waals surface area contributed by atoms with Gasteiger partial charge in [0.05, 0.1) is 17.3 Å². The lowest BCUT2D eigenvalue weighted by atomic mass is 10.1. The van der Waals surface area contributed by atoms with Crippen molar-refractivity contribution in [2.45, 2.75) is 31.9 Å². The highest BCUT2D eigenvalue weighted by Crippen LogP contribution is 2.37. The standard InChI is InChI=1S/C21H22Cl2FN5O/c1-12(19-16(22)2-3-17(24)20(19)23)30-18-8-13(9-27-21(18)25)14-10-28-29(11-14)15-4-6-26-7-5-15/h2-3,8-12,15,26H,4-7H2,1H3,(H2,25,27)/t12-/m1/s1/i24-1. The fourth-order valence-corrected chi connectivity index (χ4v) is 4.31. The number of nitrogens with zero attached hydrogens (tertiary/aromatic N) is 3. The van der Waals surface area contributed by atoms with Crippen molar-refractivity contribution >= 4 is 29.0 Å². The van der Waals surface area contributed by atoms with Crippen LogP contribution in [0.15, 0.2) is 36.8 Å². The third kappa shape index (κ3) is 4.24. The molecule has 0 spiro atoms. The second-order valence-electron chi connectivity index (χ2n) is 7.31. The molecular formula is C21H22Cl2FN5O. The van der Waals surface area contributed by atoms with Gasteiger partial charge in [0.15, 0.2) is 11.6 Å². The minimum absolute atomic E-state index is 0.0686. The van der Waals surface area contributed by atoms with Crippen LogP contribution in [-0.2, 0) is 0 Å². The molecule has 1 aromatic carbocycles. The van der Waals surface area contributed by atoms with Crippen LogP contribution in [0.1, 0.15) is 37.5 Å². The summed E-state index contributed by atoms with van der Waals surface area (Å²) in [6, 6.07) is 4.85. The average Bonchev–Trinajstić information content (AvgIpc) is 3.24. The zero-order valence-corrected chi connectivity index (χ0v) is 17.9. The van der Waals surface area contributed by atoms with Crippen LogP contribution in [0.4, 0.5) is 10.2 Å². The lowest BCUT2D eigenvalue weighted by molar-refractivity contribution is 0.227. The van der Waals surface area contributed by atoms with Gasteiger partial charge in [-0.25, -0.2) is 9.37 Å². The molecule has 158 valence electrons. The number of aromatic nitrogens is 3. The molecule has 9 heteroatoms. The maximum Gasteiger partial charge on any atom is 0.166 e. The van der Waals surface area contributed by atoms with E-state index >= 15 is 0 Å². The van der Waals surface area contributed by atoms with Gasteiger partial charge >= 0.3 is 0 Å². The van der Waals surface area contributed by atoms with Crippen LogP contribution in [0.3, 0.4) is 0 Å². The Morgan fingerprint density at radius 3 is 2.77 bits per heavy atom. The van der Waals surface area contributed by atoms with Gasteiger partial charge in [-0.1, -0.05) is 23.2 Å². The maximum absolute atomic E-state index is 13.9. The molecule has 0 radical (unpaired) electrons. The van der Waals surface area contributed by atoms with Gasteiger partial charge in [0, 0.05) is 34.1 Å². The number of rotatable bonds is 5. The van der Waals surface area contributed by atoms with Crippen molar-refractivity contribution < 1.29 is 9.13 Å². The summed E-state index contributed by atoms with van der Waals surface area (Å²) >= 11 is 12.3. The predicted molar refractivity (Wildman–Crippen MR) is 116 cm³/mol. The number of nitrogen functional groups attached to an aromatic ring is 1. The molecule has 4 rings (SSSR count). The summed E-state index contributed by atoms with van der Waals surface area (Å²) in [4.78, 5) is 4.25. The van der Waals surface area contributed by atoms with E-state index in [0.29, 0.717) is 22.4 Å². The topological polar surface area (TPSA) is 78.0 Å². The Labute approximate surface area is 184 Å². The summed E-state index contributed by atoms with van der Waals surface area (Å²) in [6.07, 6.45) is 6.96. The zero-order chi connectivity index (χ0) is 21.3. The first-order valence-electron chi connectivity index (χ1n) is 9.75. The second kappa shape index (κ2) is 8.79. The van der Waals surface area contributed by atoms with Crippen LogP contribution in [0.5, 0.6) is 5.75 Å². The van der Waals surface area contributed by atoms with E-state index in [0.717, 1.165) is 37.1 Å². The monoisotopic (exact) mass is 448 g/mol. The Bertz CT molecular complexity index is 1050. The van der Waals surface area contributed by atoms with Crippen molar-refractivity contribution in [3.63, 3.8) is 0 Å². The van der Waals surface area contributed by atoms with E-state index in [9.17, 15) is 4.39 Å². The molecule has 1 aliphatic heterocycles. The van der Waals surface area contributed by atoms with Crippen LogP contribution < -0.4 is 15.8 Å². The summed E-state index contributed by atoms with van der Waals surface area (Å²) in [6.45, 7) is 3.71. The zero-order valence-electron chi connectivity index (χ0n) is 16.4. The molecule has 0 aliphatic carbocycles. The summed E-state index contributed by atoms with van der Waals surface area (Å²) in [5, 5.41) is 8.13. The Kier molecular flexibility index (Phi) is 6.13. The highest BCUT2D eigenvalue weighted by Gasteiger charge is 2.21. The lowest BCUT2D eigenvalue weighted by Gasteiger charge is -2.22. The molecule has 30 heavy (non-hydrogen) atoms. The SMILES string of the molecule is C[C@@H](Oc1cc(-c2cnn(C3CCNCC3)c2)cnc1N)c1c(Cl)ccc([18F])c1Cl. The summed E-state index contributed by atoms with van der Waals surface area (Å²) in [5.41, 5.74) is 8.12.